The highest BCUT2D eigenvalue weighted by atomic mass is 16.6. The van der Waals surface area contributed by atoms with E-state index in [-0.39, 0.29) is 31.1 Å². The number of allylic oxidation sites excluding steroid dienone is 6. The Morgan fingerprint density at radius 2 is 0.480 bits per heavy atom. The van der Waals surface area contributed by atoms with Gasteiger partial charge in [-0.05, 0) is 77.0 Å². The van der Waals surface area contributed by atoms with Crippen LogP contribution in [0.4, 0.5) is 0 Å². The van der Waals surface area contributed by atoms with Gasteiger partial charge in [0.1, 0.15) is 13.2 Å². The Labute approximate surface area is 467 Å². The van der Waals surface area contributed by atoms with Gasteiger partial charge in [-0.3, -0.25) is 14.4 Å². The van der Waals surface area contributed by atoms with Crippen LogP contribution in [0.1, 0.15) is 367 Å². The molecule has 0 aliphatic heterocycles. The van der Waals surface area contributed by atoms with Gasteiger partial charge in [-0.25, -0.2) is 0 Å². The lowest BCUT2D eigenvalue weighted by Crippen LogP contribution is -2.30. The molecule has 0 saturated carbocycles. The van der Waals surface area contributed by atoms with Crippen molar-refractivity contribution in [3.8, 4) is 0 Å². The lowest BCUT2D eigenvalue weighted by atomic mass is 10.0. The molecule has 0 aromatic heterocycles. The molecule has 1 atom stereocenters. The molecule has 0 aliphatic carbocycles. The molecule has 0 aromatic carbocycles. The lowest BCUT2D eigenvalue weighted by Gasteiger charge is -2.18. The van der Waals surface area contributed by atoms with E-state index in [0.29, 0.717) is 19.3 Å². The van der Waals surface area contributed by atoms with E-state index in [4.69, 9.17) is 14.2 Å². The van der Waals surface area contributed by atoms with Gasteiger partial charge < -0.3 is 14.2 Å². The maximum atomic E-state index is 12.9. The second-order valence-corrected chi connectivity index (χ2v) is 22.7. The number of carbonyl (C=O) groups excluding carboxylic acids is 3. The molecular formula is C69H128O6. The van der Waals surface area contributed by atoms with E-state index >= 15 is 0 Å². The van der Waals surface area contributed by atoms with Gasteiger partial charge in [0.15, 0.2) is 6.10 Å². The van der Waals surface area contributed by atoms with Crippen LogP contribution in [0.25, 0.3) is 0 Å². The van der Waals surface area contributed by atoms with Gasteiger partial charge in [0, 0.05) is 19.3 Å². The fourth-order valence-corrected chi connectivity index (χ4v) is 10.1. The predicted octanol–water partition coefficient (Wildman–Crippen LogP) is 22.8. The molecule has 0 rings (SSSR count). The van der Waals surface area contributed by atoms with Crippen LogP contribution in [0.2, 0.25) is 0 Å². The number of hydrogen-bond acceptors (Lipinski definition) is 6. The first-order valence-electron chi connectivity index (χ1n) is 33.5. The van der Waals surface area contributed by atoms with E-state index < -0.39 is 6.10 Å². The number of unbranched alkanes of at least 4 members (excludes halogenated alkanes) is 45. The molecule has 0 radical (unpaired) electrons. The normalized spacial score (nSPS) is 12.2. The first-order valence-corrected chi connectivity index (χ1v) is 33.5. The molecule has 0 heterocycles. The van der Waals surface area contributed by atoms with Crippen LogP contribution in [0.3, 0.4) is 0 Å². The quantitative estimate of drug-likeness (QED) is 0.0261. The number of hydrogen-bond donors (Lipinski definition) is 0. The first kappa shape index (κ1) is 72.6. The van der Waals surface area contributed by atoms with Crippen LogP contribution in [0.15, 0.2) is 36.5 Å². The van der Waals surface area contributed by atoms with Crippen molar-refractivity contribution in [2.24, 2.45) is 0 Å². The smallest absolute Gasteiger partial charge is 0.306 e. The fourth-order valence-electron chi connectivity index (χ4n) is 10.1. The molecule has 1 unspecified atom stereocenters. The van der Waals surface area contributed by atoms with Crippen molar-refractivity contribution in [2.45, 2.75) is 374 Å². The summed E-state index contributed by atoms with van der Waals surface area (Å²) in [5.74, 6) is -0.849. The number of rotatable bonds is 62. The molecule has 75 heavy (non-hydrogen) atoms. The summed E-state index contributed by atoms with van der Waals surface area (Å²) < 4.78 is 17.0. The van der Waals surface area contributed by atoms with Gasteiger partial charge in [0.25, 0.3) is 0 Å². The maximum absolute atomic E-state index is 12.9. The zero-order valence-electron chi connectivity index (χ0n) is 50.6. The maximum Gasteiger partial charge on any atom is 0.306 e. The van der Waals surface area contributed by atoms with Crippen molar-refractivity contribution in [3.05, 3.63) is 36.5 Å². The summed E-state index contributed by atoms with van der Waals surface area (Å²) in [4.78, 5) is 38.4. The Hall–Kier alpha value is -2.37. The summed E-state index contributed by atoms with van der Waals surface area (Å²) in [6.07, 6.45) is 78.6. The van der Waals surface area contributed by atoms with Crippen molar-refractivity contribution < 1.29 is 28.6 Å². The highest BCUT2D eigenvalue weighted by Gasteiger charge is 2.19. The van der Waals surface area contributed by atoms with Gasteiger partial charge in [-0.2, -0.15) is 0 Å². The molecule has 0 aliphatic rings. The van der Waals surface area contributed by atoms with E-state index in [9.17, 15) is 14.4 Å². The summed E-state index contributed by atoms with van der Waals surface area (Å²) in [7, 11) is 0. The van der Waals surface area contributed by atoms with Gasteiger partial charge in [0.05, 0.1) is 0 Å². The Bertz CT molecular complexity index is 1250. The van der Waals surface area contributed by atoms with Gasteiger partial charge in [0.2, 0.25) is 0 Å². The number of ether oxygens (including phenoxy) is 3. The summed E-state index contributed by atoms with van der Waals surface area (Å²) in [5.41, 5.74) is 0. The number of carbonyl (C=O) groups is 3. The summed E-state index contributed by atoms with van der Waals surface area (Å²) >= 11 is 0. The van der Waals surface area contributed by atoms with Crippen LogP contribution in [0.5, 0.6) is 0 Å². The Balaban J connectivity index is 4.31. The van der Waals surface area contributed by atoms with Crippen LogP contribution in [0, 0.1) is 0 Å². The van der Waals surface area contributed by atoms with E-state index in [2.05, 4.69) is 57.2 Å². The molecule has 0 saturated heterocycles. The van der Waals surface area contributed by atoms with Crippen LogP contribution in [-0.4, -0.2) is 37.2 Å². The van der Waals surface area contributed by atoms with Crippen molar-refractivity contribution in [1.29, 1.82) is 0 Å². The predicted molar refractivity (Wildman–Crippen MR) is 326 cm³/mol. The number of esters is 3. The summed E-state index contributed by atoms with van der Waals surface area (Å²) in [6.45, 7) is 6.69. The molecule has 0 amide bonds. The van der Waals surface area contributed by atoms with E-state index in [0.717, 1.165) is 64.2 Å². The molecule has 0 bridgehead atoms. The molecule has 0 fully saturated rings. The Morgan fingerprint density at radius 1 is 0.267 bits per heavy atom. The average Bonchev–Trinajstić information content (AvgIpc) is 3.41. The third kappa shape index (κ3) is 62.4. The zero-order valence-corrected chi connectivity index (χ0v) is 50.6. The van der Waals surface area contributed by atoms with Gasteiger partial charge >= 0.3 is 17.9 Å². The molecule has 0 aromatic rings. The van der Waals surface area contributed by atoms with Crippen molar-refractivity contribution >= 4 is 17.9 Å². The SMILES string of the molecule is CCCCCCC/C=C\C/C=C\CCCCCCCCCCCCCC(=O)OCC(COC(=O)CCCCCCCCCCCCCCCCCCC)OC(=O)CCCCCCCCC/C=C\CCCCCCCC. The Morgan fingerprint density at radius 3 is 0.747 bits per heavy atom. The van der Waals surface area contributed by atoms with Gasteiger partial charge in [-0.1, -0.05) is 308 Å². The fraction of sp³-hybridized carbons (Fsp3) is 0.870. The molecule has 0 N–H and O–H groups in total. The second-order valence-electron chi connectivity index (χ2n) is 22.7. The third-order valence-electron chi connectivity index (χ3n) is 15.1. The van der Waals surface area contributed by atoms with E-state index in [1.807, 2.05) is 0 Å². The van der Waals surface area contributed by atoms with Crippen molar-refractivity contribution in [2.75, 3.05) is 13.2 Å². The average molecular weight is 1050 g/mol. The second kappa shape index (κ2) is 64.2. The van der Waals surface area contributed by atoms with Crippen LogP contribution in [-0.2, 0) is 28.6 Å². The highest BCUT2D eigenvalue weighted by molar-refractivity contribution is 5.71. The van der Waals surface area contributed by atoms with Crippen LogP contribution >= 0.6 is 0 Å². The third-order valence-corrected chi connectivity index (χ3v) is 15.1. The van der Waals surface area contributed by atoms with Crippen LogP contribution < -0.4 is 0 Å². The van der Waals surface area contributed by atoms with Gasteiger partial charge in [-0.15, -0.1) is 0 Å². The monoisotopic (exact) mass is 1050 g/mol. The molecule has 0 spiro atoms. The minimum Gasteiger partial charge on any atom is -0.462 e. The van der Waals surface area contributed by atoms with E-state index in [1.165, 1.54) is 263 Å². The highest BCUT2D eigenvalue weighted by Crippen LogP contribution is 2.18. The topological polar surface area (TPSA) is 78.9 Å². The zero-order chi connectivity index (χ0) is 54.3. The Kier molecular flexibility index (Phi) is 62.1. The van der Waals surface area contributed by atoms with Crippen molar-refractivity contribution in [1.82, 2.24) is 0 Å². The molecule has 6 nitrogen and oxygen atoms in total. The minimum atomic E-state index is -0.773. The standard InChI is InChI=1S/C69H128O6/c1-4-7-10-13-16-19-22-25-28-31-32-33-34-35-36-39-41-44-47-50-53-56-59-62-68(71)74-65-66(75-69(72)63-60-57-54-51-48-45-42-38-30-27-24-21-18-15-12-9-6-3)64-73-67(70)61-58-55-52-49-46-43-40-37-29-26-23-20-17-14-11-8-5-2/h22,25,27,30-32,66H,4-21,23-24,26,28-29,33-65H2,1-3H3/b25-22-,30-27-,32-31-. The summed E-state index contributed by atoms with van der Waals surface area (Å²) in [6, 6.07) is 0. The molecular weight excluding hydrogens is 925 g/mol. The largest absolute Gasteiger partial charge is 0.462 e. The molecule has 440 valence electrons. The minimum absolute atomic E-state index is 0.0696. The summed E-state index contributed by atoms with van der Waals surface area (Å²) in [5, 5.41) is 0. The molecule has 6 heteroatoms. The van der Waals surface area contributed by atoms with E-state index in [1.54, 1.807) is 0 Å². The lowest BCUT2D eigenvalue weighted by molar-refractivity contribution is -0.167. The first-order chi connectivity index (χ1) is 37.0. The van der Waals surface area contributed by atoms with Crippen molar-refractivity contribution in [3.63, 3.8) is 0 Å².